The van der Waals surface area contributed by atoms with Crippen LogP contribution in [0.2, 0.25) is 0 Å². The van der Waals surface area contributed by atoms with Crippen molar-refractivity contribution in [1.82, 2.24) is 30.2 Å². The molecule has 11 N–H and O–H groups in total. The summed E-state index contributed by atoms with van der Waals surface area (Å²) in [5, 5.41) is 35.4. The van der Waals surface area contributed by atoms with Crippen LogP contribution in [-0.4, -0.2) is 128 Å². The van der Waals surface area contributed by atoms with Gasteiger partial charge in [-0.3, -0.25) is 32.5 Å². The molecule has 0 aliphatic carbocycles. The Morgan fingerprint density at radius 3 is 2.35 bits per heavy atom. The van der Waals surface area contributed by atoms with Gasteiger partial charge in [-0.15, -0.1) is 0 Å². The number of aromatic hydroxyl groups is 1. The summed E-state index contributed by atoms with van der Waals surface area (Å²) in [5.41, 5.74) is 4.60. The summed E-state index contributed by atoms with van der Waals surface area (Å²) in [4.78, 5) is 87.8. The Bertz CT molecular complexity index is 2050. The van der Waals surface area contributed by atoms with Crippen molar-refractivity contribution in [1.29, 1.82) is 0 Å². The van der Waals surface area contributed by atoms with Crippen molar-refractivity contribution in [2.75, 3.05) is 37.8 Å². The lowest BCUT2D eigenvalue weighted by atomic mass is 9.87. The van der Waals surface area contributed by atoms with Gasteiger partial charge in [-0.1, -0.05) is 25.6 Å². The predicted molar refractivity (Wildman–Crippen MR) is 195 cm³/mol. The number of carbonyl (C=O) groups excluding carboxylic acids is 3. The summed E-state index contributed by atoms with van der Waals surface area (Å²) in [5.74, 6) is -1.27. The SMILES string of the molecule is CC(C)(COP(=O)(O)OP(=O)(O)OC[C@H]1O[C@@H](n2cnc3c(N)ncnc32)[C@H](O)[C@@H]1OP(=O)(O)O)C(O)C(=O)NCCC(=O)NCCSC(=O)c1ccc(O)cc1. The van der Waals surface area contributed by atoms with Crippen LogP contribution in [0.4, 0.5) is 5.82 Å². The average molecular weight is 888 g/mol. The number of imidazole rings is 1. The van der Waals surface area contributed by atoms with Gasteiger partial charge in [0.2, 0.25) is 16.9 Å². The summed E-state index contributed by atoms with van der Waals surface area (Å²) in [6, 6.07) is 5.65. The molecule has 25 nitrogen and oxygen atoms in total. The van der Waals surface area contributed by atoms with Crippen LogP contribution >= 0.6 is 35.2 Å². The lowest BCUT2D eigenvalue weighted by Crippen LogP contribution is -2.46. The van der Waals surface area contributed by atoms with E-state index < -0.39 is 84.6 Å². The zero-order valence-electron chi connectivity index (χ0n) is 29.8. The van der Waals surface area contributed by atoms with Crippen molar-refractivity contribution in [3.63, 3.8) is 0 Å². The summed E-state index contributed by atoms with van der Waals surface area (Å²) in [6.45, 7) is 0.331. The second-order valence-corrected chi connectivity index (χ2v) is 18.1. The number of phenols is 1. The van der Waals surface area contributed by atoms with Gasteiger partial charge in [0, 0.05) is 36.2 Å². The van der Waals surface area contributed by atoms with Crippen LogP contribution in [0.15, 0.2) is 36.9 Å². The molecule has 2 amide bonds. The van der Waals surface area contributed by atoms with Gasteiger partial charge in [0.1, 0.15) is 42.0 Å². The third-order valence-corrected chi connectivity index (χ3v) is 11.8. The van der Waals surface area contributed by atoms with Crippen molar-refractivity contribution in [3.8, 4) is 5.75 Å². The largest absolute Gasteiger partial charge is 0.508 e. The molecule has 2 aromatic heterocycles. The molecule has 3 heterocycles. The molecule has 57 heavy (non-hydrogen) atoms. The first-order chi connectivity index (χ1) is 26.5. The number of ether oxygens (including phenoxy) is 1. The Balaban J connectivity index is 1.23. The molecule has 3 aromatic rings. The number of hydrogen-bond acceptors (Lipinski definition) is 19. The molecule has 0 bridgehead atoms. The van der Waals surface area contributed by atoms with Crippen LogP contribution in [0.1, 0.15) is 36.9 Å². The fraction of sp³-hybridized carbons (Fsp3) is 0.500. The molecule has 1 aliphatic rings. The predicted octanol–water partition coefficient (Wildman–Crippen LogP) is -0.316. The lowest BCUT2D eigenvalue weighted by Gasteiger charge is -2.30. The standard InChI is InChI=1S/C28H40N7O18P3S/c1-28(2,22(39)25(40)31-8-7-18(37)30-9-10-57-27(41)15-3-5-16(36)6-4-15)12-50-56(47,48)53-55(45,46)49-11-17-21(52-54(42,43)44)20(38)26(51-17)35-14-34-19-23(29)32-13-33-24(19)35/h3-6,13-14,17,20-22,26,36,38-39H,7-12H2,1-2H3,(H,30,37)(H,31,40)(H,45,46)(H,47,48)(H2,29,32,33)(H2,42,43,44)/t17-,20-,21-,22?,26-/m1/s1. The molecule has 0 saturated carbocycles. The Kier molecular flexibility index (Phi) is 15.5. The van der Waals surface area contributed by atoms with Gasteiger partial charge >= 0.3 is 23.5 Å². The Labute approximate surface area is 326 Å². The highest BCUT2D eigenvalue weighted by Gasteiger charge is 2.50. The van der Waals surface area contributed by atoms with Gasteiger partial charge in [-0.25, -0.2) is 28.6 Å². The number of fused-ring (bicyclic) bond motifs is 1. The second kappa shape index (κ2) is 19.1. The number of rotatable bonds is 20. The highest BCUT2D eigenvalue weighted by molar-refractivity contribution is 8.14. The number of nitrogens with one attached hydrogen (secondary N) is 2. The van der Waals surface area contributed by atoms with E-state index in [0.717, 1.165) is 29.0 Å². The van der Waals surface area contributed by atoms with Gasteiger partial charge < -0.3 is 56.0 Å². The van der Waals surface area contributed by atoms with Crippen LogP contribution in [0.25, 0.3) is 11.2 Å². The van der Waals surface area contributed by atoms with Crippen molar-refractivity contribution in [3.05, 3.63) is 42.5 Å². The number of carbonyl (C=O) groups is 3. The third kappa shape index (κ3) is 13.3. The molecule has 316 valence electrons. The minimum absolute atomic E-state index is 0.0119. The molecule has 1 aromatic carbocycles. The minimum atomic E-state index is -5.58. The van der Waals surface area contributed by atoms with Crippen LogP contribution in [0, 0.1) is 5.41 Å². The third-order valence-electron chi connectivity index (χ3n) is 7.84. The first kappa shape index (κ1) is 46.3. The molecule has 29 heteroatoms. The van der Waals surface area contributed by atoms with E-state index in [2.05, 4.69) is 34.4 Å². The molecule has 0 radical (unpaired) electrons. The van der Waals surface area contributed by atoms with E-state index in [1.165, 1.54) is 38.1 Å². The zero-order valence-corrected chi connectivity index (χ0v) is 33.3. The maximum absolute atomic E-state index is 12.7. The summed E-state index contributed by atoms with van der Waals surface area (Å²) >= 11 is 0.948. The van der Waals surface area contributed by atoms with E-state index in [1.54, 1.807) is 0 Å². The van der Waals surface area contributed by atoms with Crippen molar-refractivity contribution in [2.45, 2.75) is 50.9 Å². The first-order valence-corrected chi connectivity index (χ1v) is 21.8. The Hall–Kier alpha value is -3.42. The van der Waals surface area contributed by atoms with Crippen LogP contribution in [0.5, 0.6) is 5.75 Å². The molecular weight excluding hydrogens is 847 g/mol. The number of amides is 2. The van der Waals surface area contributed by atoms with Crippen LogP contribution < -0.4 is 16.4 Å². The maximum Gasteiger partial charge on any atom is 0.481 e. The highest BCUT2D eigenvalue weighted by Crippen LogP contribution is 2.61. The number of thioether (sulfide) groups is 1. The number of anilines is 1. The van der Waals surface area contributed by atoms with Gasteiger partial charge in [-0.2, -0.15) is 4.31 Å². The van der Waals surface area contributed by atoms with Gasteiger partial charge in [0.25, 0.3) is 0 Å². The molecule has 3 unspecified atom stereocenters. The Morgan fingerprint density at radius 2 is 1.68 bits per heavy atom. The molecule has 7 atom stereocenters. The van der Waals surface area contributed by atoms with Crippen LogP contribution in [-0.2, 0) is 45.9 Å². The molecule has 4 rings (SSSR count). The number of nitrogens with two attached hydrogens (primary N) is 1. The second-order valence-electron chi connectivity index (χ2n) is 12.8. The quantitative estimate of drug-likeness (QED) is 0.0513. The molecule has 1 saturated heterocycles. The van der Waals surface area contributed by atoms with Gasteiger partial charge in [0.15, 0.2) is 17.7 Å². The zero-order chi connectivity index (χ0) is 42.3. The van der Waals surface area contributed by atoms with Crippen molar-refractivity contribution in [2.24, 2.45) is 5.41 Å². The number of phenolic OH excluding ortho intramolecular Hbond substituents is 1. The number of hydrogen-bond donors (Lipinski definition) is 10. The van der Waals surface area contributed by atoms with Crippen molar-refractivity contribution >= 4 is 69.1 Å². The Morgan fingerprint density at radius 1 is 1.02 bits per heavy atom. The fourth-order valence-corrected chi connectivity index (χ4v) is 8.48. The van der Waals surface area contributed by atoms with E-state index in [4.69, 9.17) is 19.5 Å². The van der Waals surface area contributed by atoms with Crippen LogP contribution in [0.3, 0.4) is 0 Å². The summed E-state index contributed by atoms with van der Waals surface area (Å²) in [7, 11) is -16.4. The summed E-state index contributed by atoms with van der Waals surface area (Å²) in [6.07, 6.45) is -7.02. The monoisotopic (exact) mass is 887 g/mol. The number of benzene rings is 1. The topological polar surface area (TPSA) is 384 Å². The normalized spacial score (nSPS) is 21.4. The molecule has 1 fully saturated rings. The number of nitrogens with zero attached hydrogens (tertiary/aromatic N) is 4. The maximum atomic E-state index is 12.7. The number of aliphatic hydroxyl groups excluding tert-OH is 2. The first-order valence-electron chi connectivity index (χ1n) is 16.3. The smallest absolute Gasteiger partial charge is 0.481 e. The van der Waals surface area contributed by atoms with E-state index in [-0.39, 0.29) is 53.1 Å². The van der Waals surface area contributed by atoms with Crippen molar-refractivity contribution < 1.29 is 85.6 Å². The molecular formula is C28H40N7O18P3S. The van der Waals surface area contributed by atoms with E-state index in [9.17, 15) is 63.0 Å². The molecule has 1 aliphatic heterocycles. The number of aliphatic hydroxyl groups is 2. The summed E-state index contributed by atoms with van der Waals surface area (Å²) < 4.78 is 62.1. The number of nitrogen functional groups attached to an aromatic ring is 1. The van der Waals surface area contributed by atoms with Gasteiger partial charge in [0.05, 0.1) is 19.5 Å². The molecule has 0 spiro atoms. The lowest BCUT2D eigenvalue weighted by molar-refractivity contribution is -0.137. The number of aromatic nitrogens is 4. The number of phosphoric ester groups is 3. The minimum Gasteiger partial charge on any atom is -0.508 e. The average Bonchev–Trinajstić information content (AvgIpc) is 3.68. The number of phosphoric acid groups is 3. The highest BCUT2D eigenvalue weighted by atomic mass is 32.2. The van der Waals surface area contributed by atoms with Gasteiger partial charge in [-0.05, 0) is 24.3 Å². The van der Waals surface area contributed by atoms with E-state index in [1.807, 2.05) is 0 Å². The van der Waals surface area contributed by atoms with E-state index >= 15 is 0 Å². The fourth-order valence-electron chi connectivity index (χ4n) is 4.95. The van der Waals surface area contributed by atoms with E-state index in [0.29, 0.717) is 5.56 Å².